The number of hydrogen-bond acceptors (Lipinski definition) is 4. The fourth-order valence-electron chi connectivity index (χ4n) is 1.72. The number of ether oxygens (including phenoxy) is 2. The van der Waals surface area contributed by atoms with E-state index in [9.17, 15) is 9.59 Å². The molecule has 1 unspecified atom stereocenters. The van der Waals surface area contributed by atoms with Gasteiger partial charge in [0.1, 0.15) is 6.04 Å². The highest BCUT2D eigenvalue weighted by Gasteiger charge is 2.20. The van der Waals surface area contributed by atoms with Crippen LogP contribution in [0.3, 0.4) is 0 Å². The number of amides is 1. The smallest absolute Gasteiger partial charge is 0.326 e. The molecular weight excluding hydrogens is 274 g/mol. The summed E-state index contributed by atoms with van der Waals surface area (Å²) < 4.78 is 10.5. The van der Waals surface area contributed by atoms with Crippen molar-refractivity contribution in [3.63, 3.8) is 0 Å². The molecule has 0 radical (unpaired) electrons. The van der Waals surface area contributed by atoms with E-state index in [-0.39, 0.29) is 6.42 Å². The number of rotatable bonds is 8. The molecule has 0 aliphatic rings. The Morgan fingerprint density at radius 1 is 1.43 bits per heavy atom. The third-order valence-corrected chi connectivity index (χ3v) is 2.73. The first kappa shape index (κ1) is 16.6. The van der Waals surface area contributed by atoms with E-state index in [2.05, 4.69) is 11.9 Å². The predicted molar refractivity (Wildman–Crippen MR) is 77.9 cm³/mol. The summed E-state index contributed by atoms with van der Waals surface area (Å²) >= 11 is 0. The van der Waals surface area contributed by atoms with Crippen molar-refractivity contribution in [1.82, 2.24) is 5.32 Å². The minimum Gasteiger partial charge on any atom is -0.493 e. The molecule has 2 N–H and O–H groups in total. The van der Waals surface area contributed by atoms with Gasteiger partial charge in [0.15, 0.2) is 11.5 Å². The number of nitrogens with one attached hydrogen (secondary N) is 1. The molecule has 114 valence electrons. The van der Waals surface area contributed by atoms with Gasteiger partial charge in [-0.2, -0.15) is 0 Å². The first-order valence-corrected chi connectivity index (χ1v) is 6.48. The molecule has 6 heteroatoms. The molecule has 0 aromatic heterocycles. The molecule has 0 fully saturated rings. The second-order valence-electron chi connectivity index (χ2n) is 4.19. The fourth-order valence-corrected chi connectivity index (χ4v) is 1.72. The monoisotopic (exact) mass is 293 g/mol. The van der Waals surface area contributed by atoms with Crippen LogP contribution in [0.4, 0.5) is 0 Å². The molecular formula is C15H19NO5. The SMILES string of the molecule is C=CCC(NC(=O)c1ccc(OC)c(OCC)c1)C(=O)O. The lowest BCUT2D eigenvalue weighted by Gasteiger charge is -2.14. The van der Waals surface area contributed by atoms with Crippen LogP contribution in [0.1, 0.15) is 23.7 Å². The summed E-state index contributed by atoms with van der Waals surface area (Å²) in [4.78, 5) is 23.1. The lowest BCUT2D eigenvalue weighted by Crippen LogP contribution is -2.40. The number of carboxylic acid groups (broad SMARTS) is 1. The summed E-state index contributed by atoms with van der Waals surface area (Å²) in [5, 5.41) is 11.4. The number of methoxy groups -OCH3 is 1. The van der Waals surface area contributed by atoms with Crippen LogP contribution in [0.15, 0.2) is 30.9 Å². The molecule has 21 heavy (non-hydrogen) atoms. The maximum Gasteiger partial charge on any atom is 0.326 e. The van der Waals surface area contributed by atoms with E-state index < -0.39 is 17.9 Å². The van der Waals surface area contributed by atoms with Gasteiger partial charge in [0.2, 0.25) is 0 Å². The zero-order valence-corrected chi connectivity index (χ0v) is 12.1. The number of carboxylic acids is 1. The van der Waals surface area contributed by atoms with E-state index in [1.165, 1.54) is 19.3 Å². The number of aliphatic carboxylic acids is 1. The van der Waals surface area contributed by atoms with Crippen LogP contribution < -0.4 is 14.8 Å². The molecule has 1 atom stereocenters. The predicted octanol–water partition coefficient (Wildman–Crippen LogP) is 1.85. The molecule has 0 spiro atoms. The molecule has 0 aliphatic heterocycles. The van der Waals surface area contributed by atoms with E-state index >= 15 is 0 Å². The summed E-state index contributed by atoms with van der Waals surface area (Å²) in [5.41, 5.74) is 0.301. The van der Waals surface area contributed by atoms with Crippen LogP contribution in [-0.4, -0.2) is 36.7 Å². The van der Waals surface area contributed by atoms with Crippen LogP contribution in [0, 0.1) is 0 Å². The van der Waals surface area contributed by atoms with Crippen molar-refractivity contribution in [3.05, 3.63) is 36.4 Å². The number of hydrogen-bond donors (Lipinski definition) is 2. The first-order valence-electron chi connectivity index (χ1n) is 6.48. The quantitative estimate of drug-likeness (QED) is 0.715. The Morgan fingerprint density at radius 2 is 2.14 bits per heavy atom. The zero-order valence-electron chi connectivity index (χ0n) is 12.1. The number of carbonyl (C=O) groups is 2. The van der Waals surface area contributed by atoms with E-state index in [4.69, 9.17) is 14.6 Å². The molecule has 0 bridgehead atoms. The van der Waals surface area contributed by atoms with Gasteiger partial charge in [0.25, 0.3) is 5.91 Å². The second-order valence-corrected chi connectivity index (χ2v) is 4.19. The first-order chi connectivity index (χ1) is 10.0. The van der Waals surface area contributed by atoms with Gasteiger partial charge in [0, 0.05) is 5.56 Å². The molecule has 0 saturated heterocycles. The topological polar surface area (TPSA) is 84.9 Å². The van der Waals surface area contributed by atoms with Crippen molar-refractivity contribution < 1.29 is 24.2 Å². The Balaban J connectivity index is 2.93. The molecule has 1 amide bonds. The van der Waals surface area contributed by atoms with Gasteiger partial charge >= 0.3 is 5.97 Å². The lowest BCUT2D eigenvalue weighted by atomic mass is 10.1. The molecule has 0 saturated carbocycles. The van der Waals surface area contributed by atoms with Crippen molar-refractivity contribution in [3.8, 4) is 11.5 Å². The van der Waals surface area contributed by atoms with Crippen LogP contribution in [0.2, 0.25) is 0 Å². The van der Waals surface area contributed by atoms with Crippen LogP contribution in [0.5, 0.6) is 11.5 Å². The van der Waals surface area contributed by atoms with Crippen molar-refractivity contribution in [2.75, 3.05) is 13.7 Å². The summed E-state index contributed by atoms with van der Waals surface area (Å²) in [5.74, 6) is -0.660. The van der Waals surface area contributed by atoms with Crippen molar-refractivity contribution >= 4 is 11.9 Å². The summed E-state index contributed by atoms with van der Waals surface area (Å²) in [6.07, 6.45) is 1.59. The third-order valence-electron chi connectivity index (χ3n) is 2.73. The molecule has 6 nitrogen and oxygen atoms in total. The number of carbonyl (C=O) groups excluding carboxylic acids is 1. The van der Waals surface area contributed by atoms with E-state index in [1.54, 1.807) is 12.1 Å². The van der Waals surface area contributed by atoms with Crippen molar-refractivity contribution in [2.45, 2.75) is 19.4 Å². The minimum atomic E-state index is -1.11. The Morgan fingerprint density at radius 3 is 2.67 bits per heavy atom. The van der Waals surface area contributed by atoms with Gasteiger partial charge in [-0.05, 0) is 31.5 Å². The van der Waals surface area contributed by atoms with Crippen LogP contribution in [-0.2, 0) is 4.79 Å². The van der Waals surface area contributed by atoms with Crippen molar-refractivity contribution in [2.24, 2.45) is 0 Å². The van der Waals surface area contributed by atoms with E-state index in [1.807, 2.05) is 6.92 Å². The lowest BCUT2D eigenvalue weighted by molar-refractivity contribution is -0.139. The molecule has 1 aromatic rings. The van der Waals surface area contributed by atoms with Gasteiger partial charge in [-0.15, -0.1) is 6.58 Å². The fraction of sp³-hybridized carbons (Fsp3) is 0.333. The third kappa shape index (κ3) is 4.52. The average Bonchev–Trinajstić information content (AvgIpc) is 2.46. The highest BCUT2D eigenvalue weighted by molar-refractivity contribution is 5.97. The summed E-state index contributed by atoms with van der Waals surface area (Å²) in [7, 11) is 1.50. The molecule has 0 heterocycles. The highest BCUT2D eigenvalue weighted by atomic mass is 16.5. The van der Waals surface area contributed by atoms with Gasteiger partial charge in [-0.3, -0.25) is 4.79 Å². The average molecular weight is 293 g/mol. The number of benzene rings is 1. The van der Waals surface area contributed by atoms with Crippen molar-refractivity contribution in [1.29, 1.82) is 0 Å². The Labute approximate surface area is 123 Å². The Kier molecular flexibility index (Phi) is 6.26. The van der Waals surface area contributed by atoms with Gasteiger partial charge in [0.05, 0.1) is 13.7 Å². The molecule has 1 rings (SSSR count). The van der Waals surface area contributed by atoms with E-state index in [0.29, 0.717) is 23.7 Å². The highest BCUT2D eigenvalue weighted by Crippen LogP contribution is 2.28. The summed E-state index contributed by atoms with van der Waals surface area (Å²) in [6, 6.07) is 3.66. The Bertz CT molecular complexity index is 527. The minimum absolute atomic E-state index is 0.148. The van der Waals surface area contributed by atoms with Gasteiger partial charge in [-0.1, -0.05) is 6.08 Å². The second kappa shape index (κ2) is 7.94. The molecule has 0 aliphatic carbocycles. The molecule has 1 aromatic carbocycles. The zero-order chi connectivity index (χ0) is 15.8. The van der Waals surface area contributed by atoms with Crippen LogP contribution in [0.25, 0.3) is 0 Å². The van der Waals surface area contributed by atoms with Crippen LogP contribution >= 0.6 is 0 Å². The maximum absolute atomic E-state index is 12.1. The largest absolute Gasteiger partial charge is 0.493 e. The maximum atomic E-state index is 12.1. The standard InChI is InChI=1S/C15H19NO5/c1-4-6-11(15(18)19)16-14(17)10-7-8-12(20-3)13(9-10)21-5-2/h4,7-9,11H,1,5-6H2,2-3H3,(H,16,17)(H,18,19). The normalized spacial score (nSPS) is 11.3. The van der Waals surface area contributed by atoms with E-state index in [0.717, 1.165) is 0 Å². The van der Waals surface area contributed by atoms with Gasteiger partial charge in [-0.25, -0.2) is 4.79 Å². The Hall–Kier alpha value is -2.50. The summed E-state index contributed by atoms with van der Waals surface area (Å²) in [6.45, 7) is 5.72. The van der Waals surface area contributed by atoms with Gasteiger partial charge < -0.3 is 19.9 Å².